The van der Waals surface area contributed by atoms with E-state index in [2.05, 4.69) is 19.9 Å². The van der Waals surface area contributed by atoms with Crippen LogP contribution in [0.15, 0.2) is 36.5 Å². The minimum atomic E-state index is 0.216. The van der Waals surface area contributed by atoms with Gasteiger partial charge in [-0.15, -0.1) is 0 Å². The van der Waals surface area contributed by atoms with Crippen LogP contribution in [0, 0.1) is 6.92 Å². The van der Waals surface area contributed by atoms with Crippen molar-refractivity contribution in [3.05, 3.63) is 47.5 Å². The molecule has 94 valence electrons. The van der Waals surface area contributed by atoms with Gasteiger partial charge in [-0.3, -0.25) is 0 Å². The lowest BCUT2D eigenvalue weighted by molar-refractivity contribution is 0.444. The van der Waals surface area contributed by atoms with Crippen LogP contribution in [0.25, 0.3) is 11.0 Å². The lowest BCUT2D eigenvalue weighted by atomic mass is 10.3. The van der Waals surface area contributed by atoms with Gasteiger partial charge in [0.2, 0.25) is 0 Å². The quantitative estimate of drug-likeness (QED) is 0.671. The summed E-state index contributed by atoms with van der Waals surface area (Å²) in [5, 5.41) is 0.294. The van der Waals surface area contributed by atoms with E-state index in [1.54, 1.807) is 13.1 Å². The topological polar surface area (TPSA) is 60.8 Å². The molecule has 0 bridgehead atoms. The van der Waals surface area contributed by atoms with Crippen molar-refractivity contribution in [2.75, 3.05) is 0 Å². The van der Waals surface area contributed by atoms with Crippen LogP contribution in [-0.2, 0) is 0 Å². The van der Waals surface area contributed by atoms with Crippen LogP contribution in [0.4, 0.5) is 0 Å². The first-order valence-electron chi connectivity index (χ1n) is 5.62. The Balaban J connectivity index is 2.02. The molecule has 6 heteroatoms. The van der Waals surface area contributed by atoms with Crippen molar-refractivity contribution in [2.24, 2.45) is 0 Å². The summed E-state index contributed by atoms with van der Waals surface area (Å²) in [5.41, 5.74) is 1.08. The Morgan fingerprint density at radius 2 is 1.84 bits per heavy atom. The van der Waals surface area contributed by atoms with Crippen LogP contribution < -0.4 is 4.74 Å². The second kappa shape index (κ2) is 4.78. The maximum Gasteiger partial charge on any atom is 0.322 e. The highest BCUT2D eigenvalue weighted by molar-refractivity contribution is 6.33. The van der Waals surface area contributed by atoms with Crippen molar-refractivity contribution in [2.45, 2.75) is 6.92 Å². The fourth-order valence-corrected chi connectivity index (χ4v) is 1.89. The summed E-state index contributed by atoms with van der Waals surface area (Å²) in [7, 11) is 0. The van der Waals surface area contributed by atoms with Gasteiger partial charge in [-0.05, 0) is 19.1 Å². The molecule has 0 saturated carbocycles. The first kappa shape index (κ1) is 11.8. The van der Waals surface area contributed by atoms with Crippen LogP contribution >= 0.6 is 11.6 Å². The molecule has 0 fully saturated rings. The SMILES string of the molecule is Cc1nc(Cl)c2nc(Oc3ccccc3)ncc2n1. The lowest BCUT2D eigenvalue weighted by Crippen LogP contribution is -1.97. The zero-order valence-electron chi connectivity index (χ0n) is 10.0. The van der Waals surface area contributed by atoms with Crippen LogP contribution in [-0.4, -0.2) is 19.9 Å². The molecule has 0 radical (unpaired) electrons. The standard InChI is InChI=1S/C13H9ClN4O/c1-8-16-10-7-15-13(18-11(10)12(14)17-8)19-9-5-3-2-4-6-9/h2-7H,1H3. The van der Waals surface area contributed by atoms with Gasteiger partial charge in [0.15, 0.2) is 5.15 Å². The third-order valence-electron chi connectivity index (χ3n) is 2.44. The summed E-state index contributed by atoms with van der Waals surface area (Å²) < 4.78 is 5.54. The Morgan fingerprint density at radius 1 is 1.05 bits per heavy atom. The average molecular weight is 273 g/mol. The number of halogens is 1. The Morgan fingerprint density at radius 3 is 2.63 bits per heavy atom. The fraction of sp³-hybridized carbons (Fsp3) is 0.0769. The molecule has 0 N–H and O–H groups in total. The minimum absolute atomic E-state index is 0.216. The van der Waals surface area contributed by atoms with Gasteiger partial charge in [-0.1, -0.05) is 29.8 Å². The molecule has 3 aromatic rings. The average Bonchev–Trinajstić information content (AvgIpc) is 2.40. The molecule has 0 saturated heterocycles. The summed E-state index contributed by atoms with van der Waals surface area (Å²) >= 11 is 6.04. The van der Waals surface area contributed by atoms with E-state index in [9.17, 15) is 0 Å². The molecule has 2 aromatic heterocycles. The Hall–Kier alpha value is -2.27. The predicted molar refractivity (Wildman–Crippen MR) is 71.4 cm³/mol. The second-order valence-corrected chi connectivity index (χ2v) is 4.22. The molecule has 0 spiro atoms. The summed E-state index contributed by atoms with van der Waals surface area (Å²) in [6.45, 7) is 1.76. The number of ether oxygens (including phenoxy) is 1. The van der Waals surface area contributed by atoms with Crippen molar-refractivity contribution in [3.63, 3.8) is 0 Å². The monoisotopic (exact) mass is 272 g/mol. The van der Waals surface area contributed by atoms with E-state index in [0.717, 1.165) is 0 Å². The molecule has 0 aliphatic heterocycles. The zero-order valence-corrected chi connectivity index (χ0v) is 10.8. The van der Waals surface area contributed by atoms with E-state index in [1.165, 1.54) is 0 Å². The van der Waals surface area contributed by atoms with Gasteiger partial charge < -0.3 is 4.74 Å². The molecule has 0 aliphatic carbocycles. The Bertz CT molecular complexity index is 733. The van der Waals surface area contributed by atoms with Gasteiger partial charge in [0.05, 0.1) is 6.20 Å². The number of aromatic nitrogens is 4. The van der Waals surface area contributed by atoms with Crippen molar-refractivity contribution in [1.82, 2.24) is 19.9 Å². The summed E-state index contributed by atoms with van der Waals surface area (Å²) in [6, 6.07) is 9.50. The van der Waals surface area contributed by atoms with Gasteiger partial charge in [0, 0.05) is 0 Å². The molecule has 3 rings (SSSR count). The van der Waals surface area contributed by atoms with E-state index in [4.69, 9.17) is 16.3 Å². The van der Waals surface area contributed by atoms with Crippen molar-refractivity contribution in [3.8, 4) is 11.8 Å². The molecule has 1 aromatic carbocycles. The minimum Gasteiger partial charge on any atom is -0.424 e. The van der Waals surface area contributed by atoms with Crippen LogP contribution in [0.3, 0.4) is 0 Å². The summed E-state index contributed by atoms with van der Waals surface area (Å²) in [6.07, 6.45) is 1.57. The van der Waals surface area contributed by atoms with Gasteiger partial charge in [0.1, 0.15) is 22.6 Å². The highest BCUT2D eigenvalue weighted by atomic mass is 35.5. The van der Waals surface area contributed by atoms with Crippen molar-refractivity contribution >= 4 is 22.6 Å². The molecule has 0 aliphatic rings. The fourth-order valence-electron chi connectivity index (χ4n) is 1.63. The smallest absolute Gasteiger partial charge is 0.322 e. The first-order chi connectivity index (χ1) is 9.22. The third-order valence-corrected chi connectivity index (χ3v) is 2.70. The third kappa shape index (κ3) is 2.46. The number of aryl methyl sites for hydroxylation is 1. The van der Waals surface area contributed by atoms with E-state index in [1.807, 2.05) is 30.3 Å². The van der Waals surface area contributed by atoms with E-state index in [0.29, 0.717) is 27.8 Å². The Labute approximate surface area is 114 Å². The van der Waals surface area contributed by atoms with Gasteiger partial charge >= 0.3 is 6.01 Å². The van der Waals surface area contributed by atoms with E-state index < -0.39 is 0 Å². The molecule has 0 unspecified atom stereocenters. The number of para-hydroxylation sites is 1. The molecule has 0 atom stereocenters. The lowest BCUT2D eigenvalue weighted by Gasteiger charge is -2.05. The molecule has 19 heavy (non-hydrogen) atoms. The number of hydrogen-bond acceptors (Lipinski definition) is 5. The molecular weight excluding hydrogens is 264 g/mol. The predicted octanol–water partition coefficient (Wildman–Crippen LogP) is 3.17. The molecule has 0 amide bonds. The van der Waals surface area contributed by atoms with E-state index in [-0.39, 0.29) is 6.01 Å². The van der Waals surface area contributed by atoms with Crippen LogP contribution in [0.1, 0.15) is 5.82 Å². The van der Waals surface area contributed by atoms with Gasteiger partial charge in [-0.2, -0.15) is 4.98 Å². The number of fused-ring (bicyclic) bond motifs is 1. The summed E-state index contributed by atoms with van der Waals surface area (Å²) in [5.74, 6) is 1.24. The molecule has 5 nitrogen and oxygen atoms in total. The van der Waals surface area contributed by atoms with Gasteiger partial charge in [0.25, 0.3) is 0 Å². The highest BCUT2D eigenvalue weighted by Gasteiger charge is 2.08. The molecular formula is C13H9ClN4O. The number of hydrogen-bond donors (Lipinski definition) is 0. The maximum absolute atomic E-state index is 6.04. The van der Waals surface area contributed by atoms with E-state index >= 15 is 0 Å². The van der Waals surface area contributed by atoms with Crippen molar-refractivity contribution < 1.29 is 4.74 Å². The maximum atomic E-state index is 6.04. The number of nitrogens with zero attached hydrogens (tertiary/aromatic N) is 4. The van der Waals surface area contributed by atoms with Crippen LogP contribution in [0.2, 0.25) is 5.15 Å². The second-order valence-electron chi connectivity index (χ2n) is 3.86. The summed E-state index contributed by atoms with van der Waals surface area (Å²) in [4.78, 5) is 16.6. The van der Waals surface area contributed by atoms with Crippen LogP contribution in [0.5, 0.6) is 11.8 Å². The number of rotatable bonds is 2. The normalized spacial score (nSPS) is 10.6. The van der Waals surface area contributed by atoms with Gasteiger partial charge in [-0.25, -0.2) is 15.0 Å². The zero-order chi connectivity index (χ0) is 13.2. The highest BCUT2D eigenvalue weighted by Crippen LogP contribution is 2.22. The number of benzene rings is 1. The Kier molecular flexibility index (Phi) is 2.97. The largest absolute Gasteiger partial charge is 0.424 e. The molecule has 2 heterocycles. The first-order valence-corrected chi connectivity index (χ1v) is 6.00. The van der Waals surface area contributed by atoms with Crippen molar-refractivity contribution in [1.29, 1.82) is 0 Å².